The Labute approximate surface area is 192 Å². The van der Waals surface area contributed by atoms with Crippen molar-refractivity contribution < 1.29 is 5.11 Å². The second kappa shape index (κ2) is 7.72. The van der Waals surface area contributed by atoms with Gasteiger partial charge in [-0.3, -0.25) is 9.69 Å². The first-order valence-corrected chi connectivity index (χ1v) is 11.0. The van der Waals surface area contributed by atoms with Gasteiger partial charge in [-0.25, -0.2) is 0 Å². The highest BCUT2D eigenvalue weighted by Crippen LogP contribution is 2.48. The van der Waals surface area contributed by atoms with E-state index in [0.29, 0.717) is 26.5 Å². The summed E-state index contributed by atoms with van der Waals surface area (Å²) in [5.41, 5.74) is 8.44. The molecule has 156 valence electrons. The van der Waals surface area contributed by atoms with Gasteiger partial charge in [-0.15, -0.1) is 11.3 Å². The zero-order valence-corrected chi connectivity index (χ0v) is 18.2. The molecule has 0 bridgehead atoms. The lowest BCUT2D eigenvalue weighted by atomic mass is 9.83. The van der Waals surface area contributed by atoms with E-state index in [1.54, 1.807) is 47.4 Å². The van der Waals surface area contributed by atoms with E-state index >= 15 is 0 Å². The molecular formula is C25H16ClN3O2S. The molecule has 3 aromatic carbocycles. The first-order chi connectivity index (χ1) is 15.5. The van der Waals surface area contributed by atoms with Crippen molar-refractivity contribution >= 4 is 43.7 Å². The number of anilines is 2. The highest BCUT2D eigenvalue weighted by Gasteiger charge is 2.37. The molecule has 1 aliphatic heterocycles. The summed E-state index contributed by atoms with van der Waals surface area (Å²) < 4.78 is 0.727. The Hall–Kier alpha value is -3.79. The molecule has 0 amide bonds. The summed E-state index contributed by atoms with van der Waals surface area (Å²) in [5, 5.41) is 21.9. The normalized spacial score (nSPS) is 15.5. The Morgan fingerprint density at radius 1 is 1.06 bits per heavy atom. The van der Waals surface area contributed by atoms with Crippen molar-refractivity contribution in [2.24, 2.45) is 5.73 Å². The Morgan fingerprint density at radius 2 is 1.84 bits per heavy atom. The molecule has 0 saturated carbocycles. The van der Waals surface area contributed by atoms with Gasteiger partial charge in [-0.2, -0.15) is 5.26 Å². The molecule has 1 aromatic heterocycles. The van der Waals surface area contributed by atoms with Gasteiger partial charge in [0.2, 0.25) is 0 Å². The average Bonchev–Trinajstić information content (AvgIpc) is 2.79. The second-order valence-corrected chi connectivity index (χ2v) is 8.87. The number of halogens is 1. The monoisotopic (exact) mass is 457 g/mol. The van der Waals surface area contributed by atoms with Gasteiger partial charge in [0.1, 0.15) is 16.6 Å². The van der Waals surface area contributed by atoms with E-state index in [-0.39, 0.29) is 22.6 Å². The van der Waals surface area contributed by atoms with Crippen molar-refractivity contribution in [1.29, 1.82) is 5.26 Å². The lowest BCUT2D eigenvalue weighted by Crippen LogP contribution is -2.34. The average molecular weight is 458 g/mol. The largest absolute Gasteiger partial charge is 0.508 e. The number of nitrogens with zero attached hydrogens (tertiary/aromatic N) is 2. The predicted octanol–water partition coefficient (Wildman–Crippen LogP) is 5.60. The van der Waals surface area contributed by atoms with Crippen LogP contribution in [0.5, 0.6) is 5.75 Å². The van der Waals surface area contributed by atoms with Crippen LogP contribution in [0.4, 0.5) is 10.7 Å². The molecule has 32 heavy (non-hydrogen) atoms. The minimum Gasteiger partial charge on any atom is -0.508 e. The maximum Gasteiger partial charge on any atom is 0.194 e. The summed E-state index contributed by atoms with van der Waals surface area (Å²) in [6, 6.07) is 23.3. The summed E-state index contributed by atoms with van der Waals surface area (Å²) in [6.07, 6.45) is 0. The first-order valence-electron chi connectivity index (χ1n) is 9.79. The van der Waals surface area contributed by atoms with Crippen LogP contribution in [0, 0.1) is 11.3 Å². The molecule has 1 aliphatic rings. The molecule has 0 radical (unpaired) electrons. The molecule has 5 nitrogen and oxygen atoms in total. The van der Waals surface area contributed by atoms with Crippen molar-refractivity contribution in [2.45, 2.75) is 5.92 Å². The number of nitrogens with two attached hydrogens (primary N) is 1. The molecule has 3 N–H and O–H groups in total. The number of fused-ring (bicyclic) bond motifs is 2. The number of aromatic hydroxyl groups is 1. The number of nitriles is 1. The SMILES string of the molecule is N#CC1=C(N)N(c2ccccc2)c2sc3cc(Cl)ccc3c(=O)c2C1c1cccc(O)c1. The molecule has 7 heteroatoms. The fourth-order valence-corrected chi connectivity index (χ4v) is 5.62. The van der Waals surface area contributed by atoms with Crippen LogP contribution in [0.15, 0.2) is 89.0 Å². The maximum atomic E-state index is 13.8. The third-order valence-corrected chi connectivity index (χ3v) is 6.89. The molecule has 1 atom stereocenters. The molecule has 0 fully saturated rings. The fourth-order valence-electron chi connectivity index (χ4n) is 4.11. The van der Waals surface area contributed by atoms with Crippen LogP contribution in [0.25, 0.3) is 10.1 Å². The summed E-state index contributed by atoms with van der Waals surface area (Å²) in [5.74, 6) is -0.406. The lowest BCUT2D eigenvalue weighted by molar-refractivity contribution is 0.474. The summed E-state index contributed by atoms with van der Waals surface area (Å²) in [6.45, 7) is 0. The zero-order valence-electron chi connectivity index (χ0n) is 16.6. The molecule has 5 rings (SSSR count). The number of hydrogen-bond acceptors (Lipinski definition) is 6. The van der Waals surface area contributed by atoms with Gasteiger partial charge >= 0.3 is 0 Å². The van der Waals surface area contributed by atoms with Crippen molar-refractivity contribution in [3.8, 4) is 11.8 Å². The maximum absolute atomic E-state index is 13.8. The Bertz CT molecular complexity index is 1510. The van der Waals surface area contributed by atoms with Crippen LogP contribution in [0.1, 0.15) is 17.0 Å². The molecule has 2 heterocycles. The molecule has 0 aliphatic carbocycles. The quantitative estimate of drug-likeness (QED) is 0.409. The second-order valence-electron chi connectivity index (χ2n) is 7.40. The van der Waals surface area contributed by atoms with Crippen molar-refractivity contribution in [3.63, 3.8) is 0 Å². The molecule has 1 unspecified atom stereocenters. The smallest absolute Gasteiger partial charge is 0.194 e. The van der Waals surface area contributed by atoms with Crippen molar-refractivity contribution in [2.75, 3.05) is 4.90 Å². The predicted molar refractivity (Wildman–Crippen MR) is 128 cm³/mol. The zero-order chi connectivity index (χ0) is 22.4. The van der Waals surface area contributed by atoms with Crippen LogP contribution in [0.3, 0.4) is 0 Å². The van der Waals surface area contributed by atoms with E-state index in [0.717, 1.165) is 10.4 Å². The van der Waals surface area contributed by atoms with Gasteiger partial charge in [0.25, 0.3) is 0 Å². The number of para-hydroxylation sites is 1. The minimum absolute atomic E-state index is 0.0501. The summed E-state index contributed by atoms with van der Waals surface area (Å²) in [7, 11) is 0. The van der Waals surface area contributed by atoms with Crippen LogP contribution in [-0.2, 0) is 0 Å². The van der Waals surface area contributed by atoms with Gasteiger partial charge in [0.05, 0.1) is 17.6 Å². The lowest BCUT2D eigenvalue weighted by Gasteiger charge is -2.35. The van der Waals surface area contributed by atoms with E-state index in [2.05, 4.69) is 6.07 Å². The molecule has 4 aromatic rings. The van der Waals surface area contributed by atoms with E-state index in [4.69, 9.17) is 17.3 Å². The summed E-state index contributed by atoms with van der Waals surface area (Å²) in [4.78, 5) is 15.5. The van der Waals surface area contributed by atoms with Crippen LogP contribution < -0.4 is 16.1 Å². The Balaban J connectivity index is 1.92. The first kappa shape index (κ1) is 20.1. The molecular weight excluding hydrogens is 442 g/mol. The van der Waals surface area contributed by atoms with Gasteiger partial charge < -0.3 is 10.8 Å². The summed E-state index contributed by atoms with van der Waals surface area (Å²) >= 11 is 7.60. The van der Waals surface area contributed by atoms with Crippen LogP contribution in [0.2, 0.25) is 5.02 Å². The van der Waals surface area contributed by atoms with Crippen molar-refractivity contribution in [3.05, 3.63) is 111 Å². The van der Waals surface area contributed by atoms with E-state index in [1.165, 1.54) is 11.3 Å². The van der Waals surface area contributed by atoms with E-state index in [9.17, 15) is 15.2 Å². The number of benzene rings is 3. The van der Waals surface area contributed by atoms with Crippen LogP contribution in [-0.4, -0.2) is 5.11 Å². The molecule has 0 saturated heterocycles. The number of allylic oxidation sites excluding steroid dienone is 1. The van der Waals surface area contributed by atoms with E-state index < -0.39 is 5.92 Å². The van der Waals surface area contributed by atoms with Gasteiger partial charge in [-0.1, -0.05) is 41.9 Å². The third-order valence-electron chi connectivity index (χ3n) is 5.51. The minimum atomic E-state index is -0.703. The third kappa shape index (κ3) is 3.11. The Morgan fingerprint density at radius 3 is 2.56 bits per heavy atom. The van der Waals surface area contributed by atoms with Crippen LogP contribution >= 0.6 is 22.9 Å². The van der Waals surface area contributed by atoms with E-state index in [1.807, 2.05) is 30.3 Å². The van der Waals surface area contributed by atoms with Gasteiger partial charge in [-0.05, 0) is 48.0 Å². The molecule has 0 spiro atoms. The van der Waals surface area contributed by atoms with Crippen molar-refractivity contribution in [1.82, 2.24) is 0 Å². The fraction of sp³-hybridized carbons (Fsp3) is 0.0400. The van der Waals surface area contributed by atoms with Gasteiger partial charge in [0.15, 0.2) is 5.43 Å². The Kier molecular flexibility index (Phi) is 4.86. The highest BCUT2D eigenvalue weighted by molar-refractivity contribution is 7.22. The standard InChI is InChI=1S/C25H16ClN3O2S/c26-15-9-10-18-20(12-15)32-25-22(23(18)31)21(14-5-4-8-17(30)11-14)19(13-27)24(28)29(25)16-6-2-1-3-7-16/h1-12,21,30H,28H2. The highest BCUT2D eigenvalue weighted by atomic mass is 35.5. The number of phenolic OH excluding ortho intramolecular Hbond substituents is 1. The number of phenols is 1. The topological polar surface area (TPSA) is 90.4 Å². The van der Waals surface area contributed by atoms with Gasteiger partial charge in [0, 0.05) is 26.4 Å². The number of hydrogen-bond donors (Lipinski definition) is 2. The number of rotatable bonds is 2.